The molecule has 1 aromatic rings. The van der Waals surface area contributed by atoms with Crippen molar-refractivity contribution in [3.05, 3.63) is 44.0 Å². The van der Waals surface area contributed by atoms with Crippen molar-refractivity contribution < 1.29 is 9.85 Å². The lowest BCUT2D eigenvalue weighted by Gasteiger charge is -2.32. The van der Waals surface area contributed by atoms with E-state index in [1.165, 1.54) is 12.1 Å². The van der Waals surface area contributed by atoms with Gasteiger partial charge in [-0.2, -0.15) is 0 Å². The van der Waals surface area contributed by atoms with Crippen LogP contribution in [-0.2, 0) is 6.42 Å². The SMILES string of the molecule is CN1CCN(CCCc2ccc([N+](=O)[O-])cc2[N+](=O)[O-])CC1. The number of hydrogen-bond acceptors (Lipinski definition) is 6. The molecule has 1 aromatic carbocycles. The molecule has 0 saturated carbocycles. The van der Waals surface area contributed by atoms with Crippen LogP contribution >= 0.6 is 0 Å². The second-order valence-electron chi connectivity index (χ2n) is 5.58. The van der Waals surface area contributed by atoms with Gasteiger partial charge in [-0.3, -0.25) is 20.2 Å². The van der Waals surface area contributed by atoms with Crippen molar-refractivity contribution in [1.29, 1.82) is 0 Å². The summed E-state index contributed by atoms with van der Waals surface area (Å²) in [5.74, 6) is 0. The van der Waals surface area contributed by atoms with E-state index in [1.54, 1.807) is 0 Å². The normalized spacial score (nSPS) is 16.6. The van der Waals surface area contributed by atoms with E-state index in [1.807, 2.05) is 0 Å². The van der Waals surface area contributed by atoms with Gasteiger partial charge in [0.05, 0.1) is 15.9 Å². The fraction of sp³-hybridized carbons (Fsp3) is 0.571. The predicted molar refractivity (Wildman–Crippen MR) is 82.0 cm³/mol. The minimum atomic E-state index is -0.610. The summed E-state index contributed by atoms with van der Waals surface area (Å²) in [5, 5.41) is 21.8. The zero-order valence-corrected chi connectivity index (χ0v) is 12.6. The van der Waals surface area contributed by atoms with Crippen LogP contribution in [0, 0.1) is 20.2 Å². The van der Waals surface area contributed by atoms with Crippen LogP contribution in [0.3, 0.4) is 0 Å². The number of nitro benzene ring substituents is 2. The van der Waals surface area contributed by atoms with Crippen LogP contribution in [0.15, 0.2) is 18.2 Å². The molecule has 1 heterocycles. The second kappa shape index (κ2) is 7.28. The van der Waals surface area contributed by atoms with Gasteiger partial charge in [0.15, 0.2) is 0 Å². The Morgan fingerprint density at radius 1 is 1.09 bits per heavy atom. The molecule has 0 amide bonds. The molecule has 0 atom stereocenters. The topological polar surface area (TPSA) is 92.8 Å². The average molecular weight is 308 g/mol. The third-order valence-electron chi connectivity index (χ3n) is 3.99. The molecule has 120 valence electrons. The van der Waals surface area contributed by atoms with Crippen molar-refractivity contribution in [3.8, 4) is 0 Å². The van der Waals surface area contributed by atoms with Crippen LogP contribution in [0.5, 0.6) is 0 Å². The first-order valence-corrected chi connectivity index (χ1v) is 7.30. The van der Waals surface area contributed by atoms with E-state index < -0.39 is 9.85 Å². The van der Waals surface area contributed by atoms with Gasteiger partial charge in [0, 0.05) is 37.8 Å². The number of likely N-dealkylation sites (N-methyl/N-ethyl adjacent to an activating group) is 1. The number of nitro groups is 2. The Kier molecular flexibility index (Phi) is 5.40. The highest BCUT2D eigenvalue weighted by atomic mass is 16.6. The maximum Gasteiger partial charge on any atom is 0.279 e. The van der Waals surface area contributed by atoms with Crippen molar-refractivity contribution in [2.75, 3.05) is 39.8 Å². The van der Waals surface area contributed by atoms with Crippen LogP contribution in [0.4, 0.5) is 11.4 Å². The van der Waals surface area contributed by atoms with E-state index >= 15 is 0 Å². The zero-order valence-electron chi connectivity index (χ0n) is 12.6. The molecular formula is C14H20N4O4. The molecule has 2 rings (SSSR count). The summed E-state index contributed by atoms with van der Waals surface area (Å²) < 4.78 is 0. The van der Waals surface area contributed by atoms with Gasteiger partial charge in [0.25, 0.3) is 11.4 Å². The predicted octanol–water partition coefficient (Wildman–Crippen LogP) is 1.68. The van der Waals surface area contributed by atoms with E-state index in [-0.39, 0.29) is 11.4 Å². The van der Waals surface area contributed by atoms with Gasteiger partial charge < -0.3 is 9.80 Å². The Hall–Kier alpha value is -2.06. The Morgan fingerprint density at radius 2 is 1.77 bits per heavy atom. The lowest BCUT2D eigenvalue weighted by molar-refractivity contribution is -0.394. The molecule has 8 heteroatoms. The number of hydrogen-bond donors (Lipinski definition) is 0. The van der Waals surface area contributed by atoms with E-state index in [0.717, 1.165) is 45.2 Å². The fourth-order valence-electron chi connectivity index (χ4n) is 2.61. The monoisotopic (exact) mass is 308 g/mol. The van der Waals surface area contributed by atoms with Crippen LogP contribution in [0.25, 0.3) is 0 Å². The molecule has 1 saturated heterocycles. The summed E-state index contributed by atoms with van der Waals surface area (Å²) in [6.07, 6.45) is 1.36. The number of piperazine rings is 1. The minimum Gasteiger partial charge on any atom is -0.304 e. The Morgan fingerprint density at radius 3 is 2.36 bits per heavy atom. The van der Waals surface area contributed by atoms with Crippen LogP contribution in [0.2, 0.25) is 0 Å². The summed E-state index contributed by atoms with van der Waals surface area (Å²) in [7, 11) is 2.09. The molecule has 1 aliphatic heterocycles. The molecule has 0 N–H and O–H groups in total. The largest absolute Gasteiger partial charge is 0.304 e. The molecule has 1 aliphatic rings. The van der Waals surface area contributed by atoms with Gasteiger partial charge in [-0.15, -0.1) is 0 Å². The first-order valence-electron chi connectivity index (χ1n) is 7.30. The highest BCUT2D eigenvalue weighted by molar-refractivity contribution is 5.49. The number of non-ortho nitro benzene ring substituents is 1. The maximum atomic E-state index is 11.1. The van der Waals surface area contributed by atoms with Crippen molar-refractivity contribution in [2.24, 2.45) is 0 Å². The summed E-state index contributed by atoms with van der Waals surface area (Å²) in [5.41, 5.74) is 0.159. The molecule has 22 heavy (non-hydrogen) atoms. The fourth-order valence-corrected chi connectivity index (χ4v) is 2.61. The molecule has 0 bridgehead atoms. The third-order valence-corrected chi connectivity index (χ3v) is 3.99. The molecule has 0 spiro atoms. The third kappa shape index (κ3) is 4.22. The summed E-state index contributed by atoms with van der Waals surface area (Å²) in [4.78, 5) is 25.2. The van der Waals surface area contributed by atoms with Crippen LogP contribution < -0.4 is 0 Å². The molecule has 8 nitrogen and oxygen atoms in total. The first kappa shape index (κ1) is 16.3. The molecule has 0 radical (unpaired) electrons. The van der Waals surface area contributed by atoms with E-state index in [9.17, 15) is 20.2 Å². The van der Waals surface area contributed by atoms with Gasteiger partial charge in [-0.05, 0) is 32.5 Å². The Bertz CT molecular complexity index is 556. The van der Waals surface area contributed by atoms with Crippen molar-refractivity contribution in [3.63, 3.8) is 0 Å². The van der Waals surface area contributed by atoms with Crippen LogP contribution in [-0.4, -0.2) is 59.4 Å². The molecule has 0 aromatic heterocycles. The van der Waals surface area contributed by atoms with E-state index in [0.29, 0.717) is 12.0 Å². The minimum absolute atomic E-state index is 0.160. The smallest absolute Gasteiger partial charge is 0.279 e. The highest BCUT2D eigenvalue weighted by Crippen LogP contribution is 2.25. The van der Waals surface area contributed by atoms with Gasteiger partial charge in [-0.1, -0.05) is 0 Å². The number of nitrogens with zero attached hydrogens (tertiary/aromatic N) is 4. The number of benzene rings is 1. The summed E-state index contributed by atoms with van der Waals surface area (Å²) >= 11 is 0. The molecular weight excluding hydrogens is 288 g/mol. The molecule has 1 fully saturated rings. The standard InChI is InChI=1S/C14H20N4O4/c1-15-7-9-16(10-8-15)6-2-3-12-4-5-13(17(19)20)11-14(12)18(21)22/h4-5,11H,2-3,6-10H2,1H3. The van der Waals surface area contributed by atoms with Crippen molar-refractivity contribution >= 4 is 11.4 Å². The number of aryl methyl sites for hydroxylation is 1. The lowest BCUT2D eigenvalue weighted by Crippen LogP contribution is -2.44. The quantitative estimate of drug-likeness (QED) is 0.586. The van der Waals surface area contributed by atoms with E-state index in [2.05, 4.69) is 16.8 Å². The summed E-state index contributed by atoms with van der Waals surface area (Å²) in [6, 6.07) is 3.88. The Labute approximate surface area is 128 Å². The zero-order chi connectivity index (χ0) is 16.1. The van der Waals surface area contributed by atoms with Crippen molar-refractivity contribution in [1.82, 2.24) is 9.80 Å². The van der Waals surface area contributed by atoms with Gasteiger partial charge >= 0.3 is 0 Å². The number of rotatable bonds is 6. The average Bonchev–Trinajstić information content (AvgIpc) is 2.49. The maximum absolute atomic E-state index is 11.1. The lowest BCUT2D eigenvalue weighted by atomic mass is 10.1. The second-order valence-corrected chi connectivity index (χ2v) is 5.58. The van der Waals surface area contributed by atoms with Crippen molar-refractivity contribution in [2.45, 2.75) is 12.8 Å². The van der Waals surface area contributed by atoms with Gasteiger partial charge in [-0.25, -0.2) is 0 Å². The Balaban J connectivity index is 1.94. The van der Waals surface area contributed by atoms with Gasteiger partial charge in [0.2, 0.25) is 0 Å². The summed E-state index contributed by atoms with van der Waals surface area (Å²) in [6.45, 7) is 5.00. The van der Waals surface area contributed by atoms with Crippen LogP contribution in [0.1, 0.15) is 12.0 Å². The first-order chi connectivity index (χ1) is 10.5. The molecule has 0 unspecified atom stereocenters. The van der Waals surface area contributed by atoms with Gasteiger partial charge in [0.1, 0.15) is 0 Å². The highest BCUT2D eigenvalue weighted by Gasteiger charge is 2.19. The van der Waals surface area contributed by atoms with E-state index in [4.69, 9.17) is 0 Å². The molecule has 0 aliphatic carbocycles.